The topological polar surface area (TPSA) is 66.4 Å². The van der Waals surface area contributed by atoms with Gasteiger partial charge in [0, 0.05) is 0 Å². The number of hydrogen-bond donors (Lipinski definition) is 1. The standard InChI is InChI=1S/C48H32O6/c49-43-26-37-38(27-44(43)50-32-16-6-1-7-17-32)40-29-46(52-34-20-10-3-11-21-34)48(54-36-24-14-5-15-25-36)31-42(40)41-30-47(53-35-22-12-4-13-23-35)45(28-39(37)41)51-33-18-8-2-9-19-33/h1-31,49H. The Morgan fingerprint density at radius 2 is 0.444 bits per heavy atom. The van der Waals surface area contributed by atoms with E-state index in [0.29, 0.717) is 57.5 Å². The van der Waals surface area contributed by atoms with E-state index in [-0.39, 0.29) is 5.75 Å². The molecule has 0 aliphatic heterocycles. The summed E-state index contributed by atoms with van der Waals surface area (Å²) in [5.74, 6) is 5.60. The molecule has 9 aromatic carbocycles. The summed E-state index contributed by atoms with van der Waals surface area (Å²) in [6.07, 6.45) is 0. The molecule has 9 aromatic rings. The fraction of sp³-hybridized carbons (Fsp3) is 0. The van der Waals surface area contributed by atoms with Gasteiger partial charge in [0.15, 0.2) is 34.5 Å². The molecule has 0 bridgehead atoms. The summed E-state index contributed by atoms with van der Waals surface area (Å²) < 4.78 is 32.4. The molecule has 9 rings (SSSR count). The highest BCUT2D eigenvalue weighted by Gasteiger charge is 2.21. The van der Waals surface area contributed by atoms with E-state index in [1.165, 1.54) is 0 Å². The lowest BCUT2D eigenvalue weighted by Gasteiger charge is -2.19. The van der Waals surface area contributed by atoms with Crippen molar-refractivity contribution in [3.63, 3.8) is 0 Å². The maximum absolute atomic E-state index is 11.5. The smallest absolute Gasteiger partial charge is 0.170 e. The first kappa shape index (κ1) is 32.5. The minimum Gasteiger partial charge on any atom is -0.504 e. The summed E-state index contributed by atoms with van der Waals surface area (Å²) in [6, 6.07) is 59.4. The van der Waals surface area contributed by atoms with Gasteiger partial charge in [-0.25, -0.2) is 0 Å². The zero-order valence-corrected chi connectivity index (χ0v) is 28.9. The zero-order chi connectivity index (χ0) is 36.3. The molecule has 0 atom stereocenters. The molecule has 0 fully saturated rings. The molecule has 0 spiro atoms. The zero-order valence-electron chi connectivity index (χ0n) is 28.9. The van der Waals surface area contributed by atoms with Crippen LogP contribution in [-0.4, -0.2) is 5.11 Å². The minimum absolute atomic E-state index is 0.00747. The highest BCUT2D eigenvalue weighted by atomic mass is 16.5. The second-order valence-electron chi connectivity index (χ2n) is 12.6. The van der Waals surface area contributed by atoms with Crippen molar-refractivity contribution in [3.8, 4) is 63.2 Å². The maximum atomic E-state index is 11.5. The fourth-order valence-electron chi connectivity index (χ4n) is 6.50. The van der Waals surface area contributed by atoms with E-state index < -0.39 is 0 Å². The van der Waals surface area contributed by atoms with Crippen molar-refractivity contribution >= 4 is 32.3 Å². The SMILES string of the molecule is Oc1cc2c(cc1Oc1ccccc1)c1cc(Oc3ccccc3)c(Oc3ccccc3)cc1c1cc(Oc3ccccc3)c(Oc3ccccc3)cc21. The summed E-state index contributed by atoms with van der Waals surface area (Å²) in [4.78, 5) is 0. The van der Waals surface area contributed by atoms with E-state index in [9.17, 15) is 5.11 Å². The molecule has 0 heterocycles. The third-order valence-corrected chi connectivity index (χ3v) is 8.99. The molecule has 54 heavy (non-hydrogen) atoms. The van der Waals surface area contributed by atoms with Crippen LogP contribution in [0.25, 0.3) is 32.3 Å². The van der Waals surface area contributed by atoms with Crippen LogP contribution in [0.1, 0.15) is 0 Å². The molecule has 6 nitrogen and oxygen atoms in total. The molecule has 0 unspecified atom stereocenters. The first-order valence-corrected chi connectivity index (χ1v) is 17.5. The Balaban J connectivity index is 1.34. The summed E-state index contributed by atoms with van der Waals surface area (Å²) in [5, 5.41) is 16.5. The van der Waals surface area contributed by atoms with Crippen molar-refractivity contribution in [1.82, 2.24) is 0 Å². The minimum atomic E-state index is -0.00747. The Morgan fingerprint density at radius 3 is 0.704 bits per heavy atom. The number of hydrogen-bond acceptors (Lipinski definition) is 6. The van der Waals surface area contributed by atoms with Crippen LogP contribution < -0.4 is 23.7 Å². The van der Waals surface area contributed by atoms with Gasteiger partial charge in [-0.05, 0) is 129 Å². The van der Waals surface area contributed by atoms with Crippen molar-refractivity contribution in [1.29, 1.82) is 0 Å². The lowest BCUT2D eigenvalue weighted by atomic mass is 9.93. The molecular weight excluding hydrogens is 673 g/mol. The van der Waals surface area contributed by atoms with Gasteiger partial charge < -0.3 is 28.8 Å². The molecule has 0 aliphatic rings. The Bertz CT molecular complexity index is 2640. The average molecular weight is 705 g/mol. The largest absolute Gasteiger partial charge is 0.504 e. The first-order chi connectivity index (χ1) is 26.6. The van der Waals surface area contributed by atoms with Gasteiger partial charge in [0.25, 0.3) is 0 Å². The molecule has 1 N–H and O–H groups in total. The lowest BCUT2D eigenvalue weighted by Crippen LogP contribution is -1.95. The molecule has 0 saturated heterocycles. The van der Waals surface area contributed by atoms with Crippen LogP contribution in [0.4, 0.5) is 0 Å². The number of rotatable bonds is 10. The fourth-order valence-corrected chi connectivity index (χ4v) is 6.50. The Morgan fingerprint density at radius 1 is 0.241 bits per heavy atom. The second kappa shape index (κ2) is 14.3. The Labute approximate surface area is 311 Å². The predicted octanol–water partition coefficient (Wildman–Crippen LogP) is 13.8. The molecule has 0 aromatic heterocycles. The summed E-state index contributed by atoms with van der Waals surface area (Å²) >= 11 is 0. The highest BCUT2D eigenvalue weighted by molar-refractivity contribution is 6.27. The van der Waals surface area contributed by atoms with Crippen LogP contribution in [0.2, 0.25) is 0 Å². The van der Waals surface area contributed by atoms with E-state index in [1.807, 2.05) is 182 Å². The molecule has 0 radical (unpaired) electrons. The van der Waals surface area contributed by atoms with Gasteiger partial charge in [-0.3, -0.25) is 0 Å². The number of phenolic OH excluding ortho intramolecular Hbond substituents is 1. The van der Waals surface area contributed by atoms with Crippen molar-refractivity contribution in [2.75, 3.05) is 0 Å². The summed E-state index contributed by atoms with van der Waals surface area (Å²) in [7, 11) is 0. The van der Waals surface area contributed by atoms with Crippen molar-refractivity contribution in [2.45, 2.75) is 0 Å². The molecule has 0 aliphatic carbocycles. The first-order valence-electron chi connectivity index (χ1n) is 17.5. The van der Waals surface area contributed by atoms with Crippen LogP contribution in [0.15, 0.2) is 188 Å². The normalized spacial score (nSPS) is 11.0. The van der Waals surface area contributed by atoms with Crippen LogP contribution >= 0.6 is 0 Å². The Kier molecular flexibility index (Phi) is 8.59. The average Bonchev–Trinajstić information content (AvgIpc) is 3.21. The summed E-state index contributed by atoms with van der Waals surface area (Å²) in [5.41, 5.74) is 0. The quantitative estimate of drug-likeness (QED) is 0.143. The monoisotopic (exact) mass is 704 g/mol. The third kappa shape index (κ3) is 6.67. The number of fused-ring (bicyclic) bond motifs is 6. The molecule has 0 saturated carbocycles. The van der Waals surface area contributed by atoms with Crippen molar-refractivity contribution in [2.24, 2.45) is 0 Å². The third-order valence-electron chi connectivity index (χ3n) is 8.99. The lowest BCUT2D eigenvalue weighted by molar-refractivity contribution is 0.412. The number of phenols is 1. The Hall–Kier alpha value is -7.44. The van der Waals surface area contributed by atoms with Crippen LogP contribution in [0.5, 0.6) is 63.2 Å². The van der Waals surface area contributed by atoms with Gasteiger partial charge in [0.05, 0.1) is 0 Å². The van der Waals surface area contributed by atoms with E-state index in [4.69, 9.17) is 23.7 Å². The molecular formula is C48H32O6. The maximum Gasteiger partial charge on any atom is 0.170 e. The van der Waals surface area contributed by atoms with Crippen molar-refractivity contribution in [3.05, 3.63) is 188 Å². The van der Waals surface area contributed by atoms with E-state index in [0.717, 1.165) is 32.3 Å². The van der Waals surface area contributed by atoms with Crippen LogP contribution in [-0.2, 0) is 0 Å². The second-order valence-corrected chi connectivity index (χ2v) is 12.6. The van der Waals surface area contributed by atoms with E-state index in [2.05, 4.69) is 0 Å². The molecule has 0 amide bonds. The van der Waals surface area contributed by atoms with E-state index in [1.54, 1.807) is 6.07 Å². The molecule has 6 heteroatoms. The number of ether oxygens (including phenoxy) is 5. The van der Waals surface area contributed by atoms with Gasteiger partial charge in [-0.1, -0.05) is 91.0 Å². The van der Waals surface area contributed by atoms with Crippen molar-refractivity contribution < 1.29 is 28.8 Å². The number of aromatic hydroxyl groups is 1. The van der Waals surface area contributed by atoms with Gasteiger partial charge in [-0.2, -0.15) is 0 Å². The van der Waals surface area contributed by atoms with Gasteiger partial charge in [-0.15, -0.1) is 0 Å². The highest BCUT2D eigenvalue weighted by Crippen LogP contribution is 2.49. The van der Waals surface area contributed by atoms with E-state index >= 15 is 0 Å². The predicted molar refractivity (Wildman–Crippen MR) is 213 cm³/mol. The molecule has 260 valence electrons. The van der Waals surface area contributed by atoms with Crippen LogP contribution in [0, 0.1) is 0 Å². The van der Waals surface area contributed by atoms with Gasteiger partial charge >= 0.3 is 0 Å². The van der Waals surface area contributed by atoms with Gasteiger partial charge in [0.1, 0.15) is 28.7 Å². The van der Waals surface area contributed by atoms with Crippen LogP contribution in [0.3, 0.4) is 0 Å². The summed E-state index contributed by atoms with van der Waals surface area (Å²) in [6.45, 7) is 0. The van der Waals surface area contributed by atoms with Gasteiger partial charge in [0.2, 0.25) is 0 Å². The number of para-hydroxylation sites is 5. The number of benzene rings is 9.